The molecule has 1 heterocycles. The molecule has 1 fully saturated rings. The van der Waals surface area contributed by atoms with E-state index in [0.29, 0.717) is 25.2 Å². The van der Waals surface area contributed by atoms with Crippen molar-refractivity contribution in [3.8, 4) is 0 Å². The smallest absolute Gasteiger partial charge is 0.410 e. The van der Waals surface area contributed by atoms with Gasteiger partial charge in [-0.1, -0.05) is 6.07 Å². The Balaban J connectivity index is 2.17. The highest BCUT2D eigenvalue weighted by Crippen LogP contribution is 2.34. The van der Waals surface area contributed by atoms with E-state index >= 15 is 0 Å². The fraction of sp³-hybridized carbons (Fsp3) is 0.562. The van der Waals surface area contributed by atoms with Crippen molar-refractivity contribution in [3.63, 3.8) is 0 Å². The molecule has 2 N–H and O–H groups in total. The molecule has 122 valence electrons. The maximum Gasteiger partial charge on any atom is 0.410 e. The molecule has 1 saturated heterocycles. The van der Waals surface area contributed by atoms with E-state index in [9.17, 15) is 13.6 Å². The van der Waals surface area contributed by atoms with Gasteiger partial charge in [0, 0.05) is 25.1 Å². The van der Waals surface area contributed by atoms with Crippen LogP contribution in [0.15, 0.2) is 18.2 Å². The van der Waals surface area contributed by atoms with Crippen molar-refractivity contribution in [2.24, 2.45) is 11.7 Å². The molecule has 6 heteroatoms. The van der Waals surface area contributed by atoms with Gasteiger partial charge in [-0.05, 0) is 44.9 Å². The van der Waals surface area contributed by atoms with Crippen LogP contribution < -0.4 is 5.73 Å². The van der Waals surface area contributed by atoms with E-state index < -0.39 is 23.3 Å². The Hall–Kier alpha value is -1.69. The minimum Gasteiger partial charge on any atom is -0.444 e. The van der Waals surface area contributed by atoms with Gasteiger partial charge in [0.2, 0.25) is 0 Å². The molecule has 22 heavy (non-hydrogen) atoms. The summed E-state index contributed by atoms with van der Waals surface area (Å²) in [7, 11) is 0. The average molecular weight is 312 g/mol. The van der Waals surface area contributed by atoms with Crippen LogP contribution in [-0.2, 0) is 4.74 Å². The summed E-state index contributed by atoms with van der Waals surface area (Å²) in [6.45, 7) is 6.42. The van der Waals surface area contributed by atoms with Crippen molar-refractivity contribution in [2.45, 2.75) is 32.3 Å². The van der Waals surface area contributed by atoms with Crippen LogP contribution in [0.1, 0.15) is 32.3 Å². The molecule has 2 atom stereocenters. The number of carbonyl (C=O) groups excluding carboxylic acids is 1. The molecule has 0 aromatic heterocycles. The Bertz CT molecular complexity index is 558. The molecule has 0 aliphatic carbocycles. The minimum atomic E-state index is -0.618. The maximum absolute atomic E-state index is 14.0. The lowest BCUT2D eigenvalue weighted by Gasteiger charge is -2.24. The molecule has 4 nitrogen and oxygen atoms in total. The van der Waals surface area contributed by atoms with Crippen molar-refractivity contribution in [1.29, 1.82) is 0 Å². The second-order valence-electron chi connectivity index (χ2n) is 6.65. The molecule has 1 aliphatic heterocycles. The molecule has 1 aromatic carbocycles. The average Bonchev–Trinajstić information content (AvgIpc) is 2.80. The molecule has 0 radical (unpaired) electrons. The first-order valence-corrected chi connectivity index (χ1v) is 7.34. The van der Waals surface area contributed by atoms with E-state index in [-0.39, 0.29) is 11.8 Å². The number of ether oxygens (including phenoxy) is 1. The highest BCUT2D eigenvalue weighted by Gasteiger charge is 2.38. The second kappa shape index (κ2) is 6.20. The number of rotatable bonds is 2. The van der Waals surface area contributed by atoms with Crippen molar-refractivity contribution in [2.75, 3.05) is 19.6 Å². The molecule has 1 amide bonds. The van der Waals surface area contributed by atoms with Crippen LogP contribution >= 0.6 is 0 Å². The van der Waals surface area contributed by atoms with E-state index in [1.165, 1.54) is 17.0 Å². The van der Waals surface area contributed by atoms with Crippen LogP contribution in [0.25, 0.3) is 0 Å². The lowest BCUT2D eigenvalue weighted by Crippen LogP contribution is -2.35. The molecule has 0 bridgehead atoms. The highest BCUT2D eigenvalue weighted by molar-refractivity contribution is 5.68. The molecular formula is C16H22F2N2O2. The summed E-state index contributed by atoms with van der Waals surface area (Å²) < 4.78 is 32.4. The Labute approximate surface area is 129 Å². The lowest BCUT2D eigenvalue weighted by molar-refractivity contribution is 0.0287. The molecule has 1 aliphatic rings. The van der Waals surface area contributed by atoms with Crippen LogP contribution in [-0.4, -0.2) is 36.2 Å². The zero-order chi connectivity index (χ0) is 16.5. The topological polar surface area (TPSA) is 55.6 Å². The lowest BCUT2D eigenvalue weighted by atomic mass is 9.89. The number of likely N-dealkylation sites (tertiary alicyclic amines) is 1. The Morgan fingerprint density at radius 1 is 1.36 bits per heavy atom. The number of hydrogen-bond donors (Lipinski definition) is 1. The Morgan fingerprint density at radius 3 is 2.59 bits per heavy atom. The SMILES string of the molecule is CC(C)(C)OC(=O)N1C[C@@H](CN)[C@H](c2ccc(F)cc2F)C1. The van der Waals surface area contributed by atoms with Gasteiger partial charge in [-0.15, -0.1) is 0 Å². The molecule has 0 unspecified atom stereocenters. The van der Waals surface area contributed by atoms with Crippen molar-refractivity contribution < 1.29 is 18.3 Å². The predicted molar refractivity (Wildman–Crippen MR) is 79.5 cm³/mol. The largest absolute Gasteiger partial charge is 0.444 e. The third kappa shape index (κ3) is 3.74. The van der Waals surface area contributed by atoms with Gasteiger partial charge < -0.3 is 15.4 Å². The molecule has 2 rings (SSSR count). The zero-order valence-corrected chi connectivity index (χ0v) is 13.1. The third-order valence-corrected chi connectivity index (χ3v) is 3.76. The normalized spacial score (nSPS) is 22.0. The summed E-state index contributed by atoms with van der Waals surface area (Å²) in [6.07, 6.45) is -0.434. The van der Waals surface area contributed by atoms with E-state index in [2.05, 4.69) is 0 Å². The molecule has 0 saturated carbocycles. The number of benzene rings is 1. The van der Waals surface area contributed by atoms with Crippen LogP contribution in [0, 0.1) is 17.6 Å². The predicted octanol–water partition coefficient (Wildman–Crippen LogP) is 2.87. The highest BCUT2D eigenvalue weighted by atomic mass is 19.1. The summed E-state index contributed by atoms with van der Waals surface area (Å²) in [5, 5.41) is 0. The summed E-state index contributed by atoms with van der Waals surface area (Å²) >= 11 is 0. The van der Waals surface area contributed by atoms with E-state index in [4.69, 9.17) is 10.5 Å². The summed E-state index contributed by atoms with van der Waals surface area (Å²) in [4.78, 5) is 13.7. The fourth-order valence-corrected chi connectivity index (χ4v) is 2.74. The number of nitrogens with two attached hydrogens (primary N) is 1. The summed E-state index contributed by atoms with van der Waals surface area (Å²) in [5.41, 5.74) is 5.56. The number of hydrogen-bond acceptors (Lipinski definition) is 3. The molecular weight excluding hydrogens is 290 g/mol. The fourth-order valence-electron chi connectivity index (χ4n) is 2.74. The molecule has 1 aromatic rings. The summed E-state index contributed by atoms with van der Waals surface area (Å²) in [5.74, 6) is -1.55. The van der Waals surface area contributed by atoms with E-state index in [1.807, 2.05) is 0 Å². The molecule has 0 spiro atoms. The first-order valence-electron chi connectivity index (χ1n) is 7.34. The minimum absolute atomic E-state index is 0.0764. The first-order chi connectivity index (χ1) is 10.2. The van der Waals surface area contributed by atoms with E-state index in [0.717, 1.165) is 6.07 Å². The van der Waals surface area contributed by atoms with Gasteiger partial charge in [-0.2, -0.15) is 0 Å². The quantitative estimate of drug-likeness (QED) is 0.913. The van der Waals surface area contributed by atoms with Crippen molar-refractivity contribution in [1.82, 2.24) is 4.90 Å². The van der Waals surface area contributed by atoms with Crippen LogP contribution in [0.5, 0.6) is 0 Å². The van der Waals surface area contributed by atoms with Gasteiger partial charge in [0.25, 0.3) is 0 Å². The van der Waals surface area contributed by atoms with Crippen molar-refractivity contribution in [3.05, 3.63) is 35.4 Å². The summed E-state index contributed by atoms with van der Waals surface area (Å²) in [6, 6.07) is 3.51. The van der Waals surface area contributed by atoms with E-state index in [1.54, 1.807) is 20.8 Å². The Morgan fingerprint density at radius 2 is 2.05 bits per heavy atom. The maximum atomic E-state index is 14.0. The zero-order valence-electron chi connectivity index (χ0n) is 13.1. The first kappa shape index (κ1) is 16.7. The Kier molecular flexibility index (Phi) is 4.70. The van der Waals surface area contributed by atoms with Gasteiger partial charge in [-0.25, -0.2) is 13.6 Å². The standard InChI is InChI=1S/C16H22F2N2O2/c1-16(2,3)22-15(21)20-8-10(7-19)13(9-20)12-5-4-11(17)6-14(12)18/h4-6,10,13H,7-9,19H2,1-3H3/t10-,13-/m1/s1. The van der Waals surface area contributed by atoms with Crippen LogP contribution in [0.3, 0.4) is 0 Å². The number of nitrogens with zero attached hydrogens (tertiary/aromatic N) is 1. The van der Waals surface area contributed by atoms with Gasteiger partial charge in [0.15, 0.2) is 0 Å². The van der Waals surface area contributed by atoms with Gasteiger partial charge in [0.05, 0.1) is 0 Å². The number of halogens is 2. The van der Waals surface area contributed by atoms with Crippen LogP contribution in [0.2, 0.25) is 0 Å². The van der Waals surface area contributed by atoms with Gasteiger partial charge in [-0.3, -0.25) is 0 Å². The van der Waals surface area contributed by atoms with Gasteiger partial charge in [0.1, 0.15) is 17.2 Å². The monoisotopic (exact) mass is 312 g/mol. The van der Waals surface area contributed by atoms with Gasteiger partial charge >= 0.3 is 6.09 Å². The van der Waals surface area contributed by atoms with Crippen molar-refractivity contribution >= 4 is 6.09 Å². The number of amides is 1. The second-order valence-corrected chi connectivity index (χ2v) is 6.65. The number of carbonyl (C=O) groups is 1. The third-order valence-electron chi connectivity index (χ3n) is 3.76. The van der Waals surface area contributed by atoms with Crippen LogP contribution in [0.4, 0.5) is 13.6 Å².